The molecule has 1 aromatic carbocycles. The van der Waals surface area contributed by atoms with Crippen LogP contribution in [-0.2, 0) is 20.9 Å². The van der Waals surface area contributed by atoms with Crippen LogP contribution in [0, 0.1) is 0 Å². The lowest BCUT2D eigenvalue weighted by Crippen LogP contribution is -2.49. The summed E-state index contributed by atoms with van der Waals surface area (Å²) in [7, 11) is 0. The number of carbonyl (C=O) groups excluding carboxylic acids is 3. The van der Waals surface area contributed by atoms with E-state index in [1.807, 2.05) is 59.7 Å². The molecule has 8 nitrogen and oxygen atoms in total. The van der Waals surface area contributed by atoms with Crippen LogP contribution < -0.4 is 16.0 Å². The summed E-state index contributed by atoms with van der Waals surface area (Å²) in [6.07, 6.45) is 0. The van der Waals surface area contributed by atoms with Crippen molar-refractivity contribution in [2.24, 2.45) is 0 Å². The molecule has 32 heavy (non-hydrogen) atoms. The van der Waals surface area contributed by atoms with Gasteiger partial charge >= 0.3 is 12.0 Å². The van der Waals surface area contributed by atoms with Crippen molar-refractivity contribution in [3.8, 4) is 0 Å². The summed E-state index contributed by atoms with van der Waals surface area (Å²) in [6, 6.07) is 12.1. The summed E-state index contributed by atoms with van der Waals surface area (Å²) in [5.41, 5.74) is 1.56. The first kappa shape index (κ1) is 23.5. The van der Waals surface area contributed by atoms with E-state index in [4.69, 9.17) is 4.74 Å². The topological polar surface area (TPSA) is 99.8 Å². The van der Waals surface area contributed by atoms with Crippen molar-refractivity contribution in [2.45, 2.75) is 26.4 Å². The van der Waals surface area contributed by atoms with Gasteiger partial charge in [0.2, 0.25) is 5.91 Å². The van der Waals surface area contributed by atoms with Gasteiger partial charge in [0.15, 0.2) is 0 Å². The normalized spacial score (nSPS) is 15.8. The summed E-state index contributed by atoms with van der Waals surface area (Å²) in [5, 5.41) is 10.4. The second kappa shape index (κ2) is 11.4. The van der Waals surface area contributed by atoms with E-state index in [0.717, 1.165) is 10.4 Å². The fraction of sp³-hybridized carbons (Fsp3) is 0.348. The Hall–Kier alpha value is -3.17. The fourth-order valence-electron chi connectivity index (χ4n) is 3.45. The summed E-state index contributed by atoms with van der Waals surface area (Å²) >= 11 is 1.58. The van der Waals surface area contributed by atoms with Crippen LogP contribution in [-0.4, -0.2) is 49.0 Å². The molecular formula is C23H28N4O4S. The van der Waals surface area contributed by atoms with Crippen molar-refractivity contribution in [1.29, 1.82) is 0 Å². The predicted molar refractivity (Wildman–Crippen MR) is 123 cm³/mol. The number of rotatable bonds is 10. The van der Waals surface area contributed by atoms with Crippen LogP contribution in [0.1, 0.15) is 30.3 Å². The molecule has 1 aromatic heterocycles. The van der Waals surface area contributed by atoms with Crippen molar-refractivity contribution in [3.63, 3.8) is 0 Å². The van der Waals surface area contributed by atoms with Crippen LogP contribution in [0.5, 0.6) is 0 Å². The first-order valence-electron chi connectivity index (χ1n) is 10.6. The highest BCUT2D eigenvalue weighted by Crippen LogP contribution is 2.28. The van der Waals surface area contributed by atoms with Crippen molar-refractivity contribution in [2.75, 3.05) is 26.2 Å². The maximum absolute atomic E-state index is 12.9. The molecule has 0 bridgehead atoms. The molecular weight excluding hydrogens is 428 g/mol. The van der Waals surface area contributed by atoms with Crippen molar-refractivity contribution in [1.82, 2.24) is 20.9 Å². The molecule has 2 heterocycles. The number of hydrogen-bond acceptors (Lipinski definition) is 6. The molecule has 1 atom stereocenters. The summed E-state index contributed by atoms with van der Waals surface area (Å²) in [4.78, 5) is 40.7. The number of urea groups is 1. The number of nitrogens with zero attached hydrogens (tertiary/aromatic N) is 1. The van der Waals surface area contributed by atoms with Crippen LogP contribution in [0.15, 0.2) is 59.1 Å². The Balaban J connectivity index is 1.80. The monoisotopic (exact) mass is 456 g/mol. The minimum Gasteiger partial charge on any atom is -0.463 e. The summed E-state index contributed by atoms with van der Waals surface area (Å²) in [6.45, 7) is 5.28. The largest absolute Gasteiger partial charge is 0.463 e. The first-order valence-corrected chi connectivity index (χ1v) is 11.4. The van der Waals surface area contributed by atoms with Crippen molar-refractivity contribution >= 4 is 29.2 Å². The first-order chi connectivity index (χ1) is 15.5. The molecule has 3 amide bonds. The maximum atomic E-state index is 12.9. The fourth-order valence-corrected chi connectivity index (χ4v) is 4.09. The average Bonchev–Trinajstić information content (AvgIpc) is 3.31. The van der Waals surface area contributed by atoms with Crippen LogP contribution in [0.3, 0.4) is 0 Å². The minimum atomic E-state index is -0.634. The average molecular weight is 457 g/mol. The van der Waals surface area contributed by atoms with Crippen LogP contribution in [0.25, 0.3) is 0 Å². The molecule has 9 heteroatoms. The lowest BCUT2D eigenvalue weighted by molar-refractivity contribution is -0.139. The zero-order valence-corrected chi connectivity index (χ0v) is 19.0. The highest BCUT2D eigenvalue weighted by atomic mass is 32.1. The Labute approximate surface area is 191 Å². The summed E-state index contributed by atoms with van der Waals surface area (Å²) in [5.74, 6) is -0.625. The molecule has 3 N–H and O–H groups in total. The highest BCUT2D eigenvalue weighted by Gasteiger charge is 2.34. The molecule has 0 saturated carbocycles. The predicted octanol–water partition coefficient (Wildman–Crippen LogP) is 2.56. The molecule has 0 saturated heterocycles. The number of amides is 3. The van der Waals surface area contributed by atoms with E-state index >= 15 is 0 Å². The minimum absolute atomic E-state index is 0.126. The van der Waals surface area contributed by atoms with E-state index in [2.05, 4.69) is 16.0 Å². The second-order valence-corrected chi connectivity index (χ2v) is 8.25. The Morgan fingerprint density at radius 1 is 1.16 bits per heavy atom. The number of hydrogen-bond donors (Lipinski definition) is 3. The Morgan fingerprint density at radius 2 is 1.94 bits per heavy atom. The van der Waals surface area contributed by atoms with Gasteiger partial charge in [-0.05, 0) is 30.5 Å². The molecule has 0 spiro atoms. The van der Waals surface area contributed by atoms with Gasteiger partial charge in [-0.25, -0.2) is 9.59 Å². The molecule has 3 rings (SSSR count). The van der Waals surface area contributed by atoms with E-state index in [-0.39, 0.29) is 25.6 Å². The van der Waals surface area contributed by atoms with E-state index in [1.165, 1.54) is 0 Å². The van der Waals surface area contributed by atoms with E-state index < -0.39 is 18.0 Å². The molecule has 170 valence electrons. The quantitative estimate of drug-likeness (QED) is 0.477. The van der Waals surface area contributed by atoms with Crippen LogP contribution in [0.2, 0.25) is 0 Å². The molecule has 1 aliphatic rings. The third kappa shape index (κ3) is 6.18. The number of carbonyl (C=O) groups is 3. The lowest BCUT2D eigenvalue weighted by Gasteiger charge is -2.31. The van der Waals surface area contributed by atoms with Gasteiger partial charge in [-0.15, -0.1) is 11.3 Å². The zero-order chi connectivity index (χ0) is 22.9. The Bertz CT molecular complexity index is 960. The second-order valence-electron chi connectivity index (χ2n) is 7.21. The molecule has 2 aromatic rings. The van der Waals surface area contributed by atoms with E-state index in [9.17, 15) is 14.4 Å². The van der Waals surface area contributed by atoms with Gasteiger partial charge < -0.3 is 20.7 Å². The lowest BCUT2D eigenvalue weighted by atomic mass is 9.95. The highest BCUT2D eigenvalue weighted by molar-refractivity contribution is 7.09. The van der Waals surface area contributed by atoms with E-state index in [0.29, 0.717) is 24.4 Å². The van der Waals surface area contributed by atoms with Gasteiger partial charge in [0, 0.05) is 17.1 Å². The van der Waals surface area contributed by atoms with Gasteiger partial charge in [0.1, 0.15) is 0 Å². The smallest absolute Gasteiger partial charge is 0.338 e. The van der Waals surface area contributed by atoms with Gasteiger partial charge in [0.25, 0.3) is 0 Å². The number of thiophene rings is 1. The van der Waals surface area contributed by atoms with Gasteiger partial charge in [0.05, 0.1) is 31.3 Å². The Morgan fingerprint density at radius 3 is 2.59 bits per heavy atom. The standard InChI is InChI=1S/C23H28N4O4S/c1-3-27(15-19(28)24-13-17-11-8-12-32-17)14-18-20(22(29)31-4-2)21(26-23(30)25-18)16-9-6-5-7-10-16/h5-12,21H,3-4,13-15H2,1-2H3,(H,24,28)(H2,25,26,30). The SMILES string of the molecule is CCOC(=O)C1=C(CN(CC)CC(=O)NCc2cccs2)NC(=O)NC1c1ccccc1. The van der Waals surface area contributed by atoms with Gasteiger partial charge in [-0.3, -0.25) is 9.69 Å². The van der Waals surface area contributed by atoms with Gasteiger partial charge in [-0.2, -0.15) is 0 Å². The number of benzene rings is 1. The van der Waals surface area contributed by atoms with Crippen molar-refractivity contribution < 1.29 is 19.1 Å². The maximum Gasteiger partial charge on any atom is 0.338 e. The molecule has 0 aliphatic carbocycles. The number of esters is 1. The number of likely N-dealkylation sites (N-methyl/N-ethyl adjacent to an activating group) is 1. The molecule has 0 radical (unpaired) electrons. The van der Waals surface area contributed by atoms with Crippen molar-refractivity contribution in [3.05, 3.63) is 69.6 Å². The van der Waals surface area contributed by atoms with Crippen LogP contribution in [0.4, 0.5) is 4.79 Å². The zero-order valence-electron chi connectivity index (χ0n) is 18.2. The summed E-state index contributed by atoms with van der Waals surface area (Å²) < 4.78 is 5.29. The van der Waals surface area contributed by atoms with Gasteiger partial charge in [-0.1, -0.05) is 43.3 Å². The third-order valence-electron chi connectivity index (χ3n) is 5.02. The molecule has 1 aliphatic heterocycles. The molecule has 1 unspecified atom stereocenters. The van der Waals surface area contributed by atoms with Crippen LogP contribution >= 0.6 is 11.3 Å². The number of nitrogens with one attached hydrogen (secondary N) is 3. The van der Waals surface area contributed by atoms with E-state index in [1.54, 1.807) is 18.3 Å². The number of ether oxygens (including phenoxy) is 1. The Kier molecular flexibility index (Phi) is 8.41. The third-order valence-corrected chi connectivity index (χ3v) is 5.89. The molecule has 0 fully saturated rings.